The van der Waals surface area contributed by atoms with E-state index < -0.39 is 0 Å². The van der Waals surface area contributed by atoms with E-state index in [0.29, 0.717) is 0 Å². The molecule has 3 nitrogen and oxygen atoms in total. The van der Waals surface area contributed by atoms with Crippen molar-refractivity contribution in [2.45, 2.75) is 52.1 Å². The monoisotopic (exact) mass is 195 g/mol. The van der Waals surface area contributed by atoms with Gasteiger partial charge in [-0.05, 0) is 24.8 Å². The average Bonchev–Trinajstić information content (AvgIpc) is 2.29. The summed E-state index contributed by atoms with van der Waals surface area (Å²) >= 11 is 0. The lowest BCUT2D eigenvalue weighted by Crippen LogP contribution is -2.37. The van der Waals surface area contributed by atoms with Crippen molar-refractivity contribution >= 4 is 0 Å². The summed E-state index contributed by atoms with van der Waals surface area (Å²) in [7, 11) is 0. The summed E-state index contributed by atoms with van der Waals surface area (Å²) in [6.45, 7) is 11.3. The third-order valence-electron chi connectivity index (χ3n) is 2.07. The van der Waals surface area contributed by atoms with Gasteiger partial charge in [0, 0.05) is 11.7 Å². The van der Waals surface area contributed by atoms with E-state index in [1.54, 1.807) is 0 Å². The van der Waals surface area contributed by atoms with Crippen LogP contribution < -0.4 is 5.73 Å². The van der Waals surface area contributed by atoms with Crippen LogP contribution in [0.5, 0.6) is 0 Å². The molecule has 0 aliphatic heterocycles. The van der Waals surface area contributed by atoms with Crippen LogP contribution in [-0.2, 0) is 12.0 Å². The lowest BCUT2D eigenvalue weighted by molar-refractivity contribution is 0.407. The van der Waals surface area contributed by atoms with E-state index in [4.69, 9.17) is 5.73 Å². The minimum absolute atomic E-state index is 0.164. The molecule has 0 radical (unpaired) electrons. The Bertz CT molecular complexity index is 299. The van der Waals surface area contributed by atoms with Crippen LogP contribution in [0.15, 0.2) is 12.4 Å². The van der Waals surface area contributed by atoms with Crippen molar-refractivity contribution in [1.29, 1.82) is 0 Å². The highest BCUT2D eigenvalue weighted by Crippen LogP contribution is 2.21. The zero-order valence-corrected chi connectivity index (χ0v) is 9.83. The summed E-state index contributed by atoms with van der Waals surface area (Å²) in [5.74, 6) is 0. The number of hydrogen-bond donors (Lipinski definition) is 1. The Morgan fingerprint density at radius 1 is 1.29 bits per heavy atom. The SMILES string of the molecule is CC(C)(N)Cn1cc(C(C)(C)C)cn1. The molecule has 1 heterocycles. The zero-order chi connectivity index (χ0) is 11.0. The molecule has 1 aromatic heterocycles. The maximum Gasteiger partial charge on any atom is 0.0583 e. The quantitative estimate of drug-likeness (QED) is 0.783. The Hall–Kier alpha value is -0.830. The van der Waals surface area contributed by atoms with Crippen molar-refractivity contribution in [1.82, 2.24) is 9.78 Å². The van der Waals surface area contributed by atoms with Gasteiger partial charge in [-0.1, -0.05) is 20.8 Å². The molecule has 0 unspecified atom stereocenters. The van der Waals surface area contributed by atoms with E-state index in [9.17, 15) is 0 Å². The second-order valence-electron chi connectivity index (χ2n) is 5.67. The standard InChI is InChI=1S/C11H21N3/c1-10(2,3)9-6-13-14(7-9)8-11(4,5)12/h6-7H,8,12H2,1-5H3. The van der Waals surface area contributed by atoms with Crippen LogP contribution in [0, 0.1) is 0 Å². The Labute approximate surface area is 86.3 Å². The van der Waals surface area contributed by atoms with Gasteiger partial charge < -0.3 is 5.73 Å². The van der Waals surface area contributed by atoms with Crippen molar-refractivity contribution in [2.75, 3.05) is 0 Å². The molecule has 3 heteroatoms. The summed E-state index contributed by atoms with van der Waals surface area (Å²) in [5.41, 5.74) is 7.13. The first-order valence-electron chi connectivity index (χ1n) is 5.00. The molecule has 0 aliphatic carbocycles. The molecule has 0 fully saturated rings. The van der Waals surface area contributed by atoms with E-state index in [0.717, 1.165) is 6.54 Å². The fraction of sp³-hybridized carbons (Fsp3) is 0.727. The summed E-state index contributed by atoms with van der Waals surface area (Å²) in [6, 6.07) is 0. The van der Waals surface area contributed by atoms with Crippen molar-refractivity contribution < 1.29 is 0 Å². The molecule has 0 aliphatic rings. The molecule has 0 saturated heterocycles. The average molecular weight is 195 g/mol. The smallest absolute Gasteiger partial charge is 0.0583 e. The minimum Gasteiger partial charge on any atom is -0.324 e. The third-order valence-corrected chi connectivity index (χ3v) is 2.07. The maximum absolute atomic E-state index is 5.92. The van der Waals surface area contributed by atoms with Crippen LogP contribution in [0.3, 0.4) is 0 Å². The van der Waals surface area contributed by atoms with Gasteiger partial charge in [-0.25, -0.2) is 0 Å². The Kier molecular flexibility index (Phi) is 2.72. The van der Waals surface area contributed by atoms with Crippen molar-refractivity contribution in [2.24, 2.45) is 5.73 Å². The first-order chi connectivity index (χ1) is 6.18. The molecule has 0 bridgehead atoms. The first-order valence-corrected chi connectivity index (χ1v) is 5.00. The molecule has 0 aromatic carbocycles. The molecule has 1 aromatic rings. The number of nitrogens with two attached hydrogens (primary N) is 1. The molecule has 0 amide bonds. The first kappa shape index (κ1) is 11.2. The summed E-state index contributed by atoms with van der Waals surface area (Å²) < 4.78 is 1.92. The fourth-order valence-corrected chi connectivity index (χ4v) is 1.25. The third kappa shape index (κ3) is 3.14. The number of hydrogen-bond acceptors (Lipinski definition) is 2. The molecule has 1 rings (SSSR count). The zero-order valence-electron chi connectivity index (χ0n) is 9.83. The van der Waals surface area contributed by atoms with E-state index >= 15 is 0 Å². The van der Waals surface area contributed by atoms with Crippen LogP contribution in [0.4, 0.5) is 0 Å². The van der Waals surface area contributed by atoms with Gasteiger partial charge in [-0.15, -0.1) is 0 Å². The van der Waals surface area contributed by atoms with Gasteiger partial charge in [0.1, 0.15) is 0 Å². The normalized spacial score (nSPS) is 13.3. The van der Waals surface area contributed by atoms with Crippen LogP contribution in [0.25, 0.3) is 0 Å². The van der Waals surface area contributed by atoms with Crippen LogP contribution in [-0.4, -0.2) is 15.3 Å². The lowest BCUT2D eigenvalue weighted by atomic mass is 9.90. The Morgan fingerprint density at radius 2 is 1.86 bits per heavy atom. The van der Waals surface area contributed by atoms with Crippen molar-refractivity contribution in [3.8, 4) is 0 Å². The summed E-state index contributed by atoms with van der Waals surface area (Å²) in [6.07, 6.45) is 4.00. The number of aromatic nitrogens is 2. The van der Waals surface area contributed by atoms with Gasteiger partial charge >= 0.3 is 0 Å². The Morgan fingerprint density at radius 3 is 2.21 bits per heavy atom. The van der Waals surface area contributed by atoms with Crippen molar-refractivity contribution in [3.05, 3.63) is 18.0 Å². The largest absolute Gasteiger partial charge is 0.324 e. The lowest BCUT2D eigenvalue weighted by Gasteiger charge is -2.18. The van der Waals surface area contributed by atoms with E-state index in [2.05, 4.69) is 32.1 Å². The second-order valence-corrected chi connectivity index (χ2v) is 5.67. The van der Waals surface area contributed by atoms with E-state index in [1.165, 1.54) is 5.56 Å². The predicted molar refractivity (Wildman–Crippen MR) is 59.2 cm³/mol. The van der Waals surface area contributed by atoms with Crippen LogP contribution in [0.1, 0.15) is 40.2 Å². The van der Waals surface area contributed by atoms with Crippen LogP contribution in [0.2, 0.25) is 0 Å². The van der Waals surface area contributed by atoms with E-state index in [-0.39, 0.29) is 11.0 Å². The van der Waals surface area contributed by atoms with Gasteiger partial charge in [0.2, 0.25) is 0 Å². The van der Waals surface area contributed by atoms with Gasteiger partial charge in [-0.3, -0.25) is 4.68 Å². The highest BCUT2D eigenvalue weighted by molar-refractivity contribution is 5.15. The molecule has 0 saturated carbocycles. The van der Waals surface area contributed by atoms with Gasteiger partial charge in [0.15, 0.2) is 0 Å². The molecular weight excluding hydrogens is 174 g/mol. The van der Waals surface area contributed by atoms with Gasteiger partial charge in [0.25, 0.3) is 0 Å². The molecule has 80 valence electrons. The summed E-state index contributed by atoms with van der Waals surface area (Å²) in [4.78, 5) is 0. The van der Waals surface area contributed by atoms with Gasteiger partial charge in [0.05, 0.1) is 12.7 Å². The summed E-state index contributed by atoms with van der Waals surface area (Å²) in [5, 5.41) is 4.30. The van der Waals surface area contributed by atoms with Crippen molar-refractivity contribution in [3.63, 3.8) is 0 Å². The minimum atomic E-state index is -0.207. The molecule has 0 spiro atoms. The number of nitrogens with zero attached hydrogens (tertiary/aromatic N) is 2. The Balaban J connectivity index is 2.79. The topological polar surface area (TPSA) is 43.8 Å². The molecule has 14 heavy (non-hydrogen) atoms. The fourth-order valence-electron chi connectivity index (χ4n) is 1.25. The van der Waals surface area contributed by atoms with E-state index in [1.807, 2.05) is 24.7 Å². The van der Waals surface area contributed by atoms with Crippen LogP contribution >= 0.6 is 0 Å². The molecule has 2 N–H and O–H groups in total. The highest BCUT2D eigenvalue weighted by atomic mass is 15.3. The second kappa shape index (κ2) is 3.39. The van der Waals surface area contributed by atoms with Gasteiger partial charge in [-0.2, -0.15) is 5.10 Å². The highest BCUT2D eigenvalue weighted by Gasteiger charge is 2.17. The number of rotatable bonds is 2. The molecular formula is C11H21N3. The maximum atomic E-state index is 5.92. The predicted octanol–water partition coefficient (Wildman–Crippen LogP) is 1.92. The molecule has 0 atom stereocenters.